The van der Waals surface area contributed by atoms with Crippen molar-refractivity contribution in [2.75, 3.05) is 44.3 Å². The van der Waals surface area contributed by atoms with Gasteiger partial charge in [0.15, 0.2) is 0 Å². The molecular formula is C15H25N5O2S. The molecule has 3 heterocycles. The van der Waals surface area contributed by atoms with E-state index in [1.807, 2.05) is 0 Å². The maximum atomic E-state index is 11.7. The molecule has 0 radical (unpaired) electrons. The summed E-state index contributed by atoms with van der Waals surface area (Å²) in [7, 11) is -3.09. The molecule has 2 aliphatic rings. The molecule has 128 valence electrons. The Kier molecular flexibility index (Phi) is 5.13. The second-order valence-electron chi connectivity index (χ2n) is 6.41. The summed E-state index contributed by atoms with van der Waals surface area (Å²) in [5, 5.41) is 6.82. The summed E-state index contributed by atoms with van der Waals surface area (Å²) in [5.41, 5.74) is 2.32. The van der Waals surface area contributed by atoms with Gasteiger partial charge < -0.3 is 10.6 Å². The van der Waals surface area contributed by atoms with Crippen molar-refractivity contribution in [1.82, 2.24) is 19.6 Å². The Morgan fingerprint density at radius 2 is 2.17 bits per heavy atom. The molecule has 2 aliphatic heterocycles. The Morgan fingerprint density at radius 1 is 1.35 bits per heavy atom. The summed E-state index contributed by atoms with van der Waals surface area (Å²) in [5.74, 6) is 1.24. The van der Waals surface area contributed by atoms with E-state index in [9.17, 15) is 8.42 Å². The lowest BCUT2D eigenvalue weighted by molar-refractivity contribution is 0.276. The fourth-order valence-electron chi connectivity index (χ4n) is 3.36. The van der Waals surface area contributed by atoms with Crippen LogP contribution in [0.15, 0.2) is 6.33 Å². The SMILES string of the molecule is CS(=O)(=O)N1CCC[C@@H](CNc2ncnc3c2CCNCC3)C1. The van der Waals surface area contributed by atoms with Crippen molar-refractivity contribution in [2.24, 2.45) is 5.92 Å². The number of nitrogens with zero attached hydrogens (tertiary/aromatic N) is 3. The molecule has 1 aromatic heterocycles. The third-order valence-corrected chi connectivity index (χ3v) is 5.90. The molecule has 0 saturated carbocycles. The quantitative estimate of drug-likeness (QED) is 0.818. The maximum absolute atomic E-state index is 11.7. The number of aromatic nitrogens is 2. The van der Waals surface area contributed by atoms with Gasteiger partial charge >= 0.3 is 0 Å². The first-order valence-electron chi connectivity index (χ1n) is 8.26. The van der Waals surface area contributed by atoms with Crippen LogP contribution in [0.5, 0.6) is 0 Å². The molecule has 3 rings (SSSR count). The molecule has 0 aromatic carbocycles. The summed E-state index contributed by atoms with van der Waals surface area (Å²) in [6.45, 7) is 3.89. The third kappa shape index (κ3) is 4.19. The summed E-state index contributed by atoms with van der Waals surface area (Å²) in [6.07, 6.45) is 6.74. The lowest BCUT2D eigenvalue weighted by atomic mass is 9.99. The normalized spacial score (nSPS) is 23.1. The summed E-state index contributed by atoms with van der Waals surface area (Å²) >= 11 is 0. The average molecular weight is 339 g/mol. The van der Waals surface area contributed by atoms with Crippen LogP contribution in [0.25, 0.3) is 0 Å². The first kappa shape index (κ1) is 16.6. The van der Waals surface area contributed by atoms with Gasteiger partial charge in [-0.15, -0.1) is 0 Å². The number of sulfonamides is 1. The van der Waals surface area contributed by atoms with E-state index in [1.165, 1.54) is 11.8 Å². The second kappa shape index (κ2) is 7.11. The minimum absolute atomic E-state index is 0.327. The van der Waals surface area contributed by atoms with Gasteiger partial charge in [-0.2, -0.15) is 0 Å². The molecule has 1 fully saturated rings. The predicted octanol–water partition coefficient (Wildman–Crippen LogP) is 0.248. The van der Waals surface area contributed by atoms with Crippen LogP contribution in [0.1, 0.15) is 24.1 Å². The topological polar surface area (TPSA) is 87.2 Å². The van der Waals surface area contributed by atoms with E-state index in [4.69, 9.17) is 0 Å². The standard InChI is InChI=1S/C15H25N5O2S/c1-23(21,22)20-8-2-3-12(10-20)9-17-15-13-4-6-16-7-5-14(13)18-11-19-15/h11-12,16H,2-10H2,1H3,(H,17,18,19)/t12-/m0/s1. The molecule has 0 spiro atoms. The van der Waals surface area contributed by atoms with Gasteiger partial charge in [-0.25, -0.2) is 22.7 Å². The Hall–Kier alpha value is -1.25. The Morgan fingerprint density at radius 3 is 3.00 bits per heavy atom. The van der Waals surface area contributed by atoms with Crippen LogP contribution < -0.4 is 10.6 Å². The lowest BCUT2D eigenvalue weighted by Gasteiger charge is -2.31. The largest absolute Gasteiger partial charge is 0.369 e. The molecule has 1 saturated heterocycles. The molecule has 7 nitrogen and oxygen atoms in total. The summed E-state index contributed by atoms with van der Waals surface area (Å²) in [4.78, 5) is 8.80. The number of nitrogens with one attached hydrogen (secondary N) is 2. The number of piperidine rings is 1. The van der Waals surface area contributed by atoms with Crippen molar-refractivity contribution < 1.29 is 8.42 Å². The van der Waals surface area contributed by atoms with E-state index in [2.05, 4.69) is 20.6 Å². The molecule has 8 heteroatoms. The monoisotopic (exact) mass is 339 g/mol. The van der Waals surface area contributed by atoms with Gasteiger partial charge in [0.2, 0.25) is 10.0 Å². The van der Waals surface area contributed by atoms with Crippen LogP contribution in [-0.2, 0) is 22.9 Å². The lowest BCUT2D eigenvalue weighted by Crippen LogP contribution is -2.41. The molecule has 0 unspecified atom stereocenters. The zero-order chi connectivity index (χ0) is 16.3. The third-order valence-electron chi connectivity index (χ3n) is 4.63. The van der Waals surface area contributed by atoms with Crippen LogP contribution in [0, 0.1) is 5.92 Å². The minimum Gasteiger partial charge on any atom is -0.369 e. The number of anilines is 1. The zero-order valence-corrected chi connectivity index (χ0v) is 14.4. The highest BCUT2D eigenvalue weighted by Crippen LogP contribution is 2.22. The Bertz CT molecular complexity index is 649. The van der Waals surface area contributed by atoms with Crippen LogP contribution in [-0.4, -0.2) is 61.7 Å². The van der Waals surface area contributed by atoms with E-state index in [1.54, 1.807) is 10.6 Å². The molecule has 0 aliphatic carbocycles. The molecule has 2 N–H and O–H groups in total. The summed E-state index contributed by atoms with van der Waals surface area (Å²) < 4.78 is 25.0. The van der Waals surface area contributed by atoms with E-state index in [0.717, 1.165) is 56.8 Å². The zero-order valence-electron chi connectivity index (χ0n) is 13.6. The van der Waals surface area contributed by atoms with Gasteiger partial charge in [-0.3, -0.25) is 0 Å². The van der Waals surface area contributed by atoms with Gasteiger partial charge in [-0.05, 0) is 31.7 Å². The molecule has 1 aromatic rings. The van der Waals surface area contributed by atoms with Crippen LogP contribution >= 0.6 is 0 Å². The fraction of sp³-hybridized carbons (Fsp3) is 0.733. The van der Waals surface area contributed by atoms with E-state index >= 15 is 0 Å². The van der Waals surface area contributed by atoms with Gasteiger partial charge in [0.25, 0.3) is 0 Å². The first-order chi connectivity index (χ1) is 11.0. The number of fused-ring (bicyclic) bond motifs is 1. The van der Waals surface area contributed by atoms with Gasteiger partial charge in [0, 0.05) is 38.2 Å². The second-order valence-corrected chi connectivity index (χ2v) is 8.39. The Labute approximate surface area is 137 Å². The van der Waals surface area contributed by atoms with Crippen LogP contribution in [0.2, 0.25) is 0 Å². The highest BCUT2D eigenvalue weighted by molar-refractivity contribution is 7.88. The van der Waals surface area contributed by atoms with E-state index < -0.39 is 10.0 Å². The Balaban J connectivity index is 1.64. The molecule has 0 bridgehead atoms. The maximum Gasteiger partial charge on any atom is 0.211 e. The average Bonchev–Trinajstić information content (AvgIpc) is 2.78. The van der Waals surface area contributed by atoms with E-state index in [-0.39, 0.29) is 0 Å². The van der Waals surface area contributed by atoms with Gasteiger partial charge in [0.1, 0.15) is 12.1 Å². The van der Waals surface area contributed by atoms with E-state index in [0.29, 0.717) is 19.0 Å². The molecule has 0 amide bonds. The first-order valence-corrected chi connectivity index (χ1v) is 10.1. The molecule has 1 atom stereocenters. The minimum atomic E-state index is -3.09. The van der Waals surface area contributed by atoms with Gasteiger partial charge in [-0.1, -0.05) is 0 Å². The number of hydrogen-bond donors (Lipinski definition) is 2. The highest BCUT2D eigenvalue weighted by Gasteiger charge is 2.26. The van der Waals surface area contributed by atoms with Crippen LogP contribution in [0.4, 0.5) is 5.82 Å². The summed E-state index contributed by atoms with van der Waals surface area (Å²) in [6, 6.07) is 0. The van der Waals surface area contributed by atoms with Crippen molar-refractivity contribution in [3.8, 4) is 0 Å². The number of hydrogen-bond acceptors (Lipinski definition) is 6. The van der Waals surface area contributed by atoms with Gasteiger partial charge in [0.05, 0.1) is 11.9 Å². The van der Waals surface area contributed by atoms with Crippen molar-refractivity contribution in [1.29, 1.82) is 0 Å². The number of rotatable bonds is 4. The van der Waals surface area contributed by atoms with Crippen molar-refractivity contribution in [2.45, 2.75) is 25.7 Å². The molecule has 23 heavy (non-hydrogen) atoms. The van der Waals surface area contributed by atoms with Crippen molar-refractivity contribution in [3.05, 3.63) is 17.6 Å². The predicted molar refractivity (Wildman–Crippen MR) is 89.9 cm³/mol. The van der Waals surface area contributed by atoms with Crippen LogP contribution in [0.3, 0.4) is 0 Å². The van der Waals surface area contributed by atoms with Crippen molar-refractivity contribution in [3.63, 3.8) is 0 Å². The van der Waals surface area contributed by atoms with Crippen molar-refractivity contribution >= 4 is 15.8 Å². The highest BCUT2D eigenvalue weighted by atomic mass is 32.2. The fourth-order valence-corrected chi connectivity index (χ4v) is 4.30. The molecular weight excluding hydrogens is 314 g/mol. The smallest absolute Gasteiger partial charge is 0.211 e.